The Labute approximate surface area is 107 Å². The second kappa shape index (κ2) is 6.21. The van der Waals surface area contributed by atoms with Gasteiger partial charge in [0, 0.05) is 18.8 Å². The minimum Gasteiger partial charge on any atom is -0.492 e. The van der Waals surface area contributed by atoms with Crippen molar-refractivity contribution >= 4 is 0 Å². The Kier molecular flexibility index (Phi) is 4.36. The Bertz CT molecular complexity index is 467. The second-order valence-electron chi connectivity index (χ2n) is 4.29. The molecule has 96 valence electrons. The van der Waals surface area contributed by atoms with Gasteiger partial charge in [-0.1, -0.05) is 18.2 Å². The third-order valence-corrected chi connectivity index (χ3v) is 2.72. The first-order valence-corrected chi connectivity index (χ1v) is 6.22. The van der Waals surface area contributed by atoms with Gasteiger partial charge in [0.2, 0.25) is 0 Å². The van der Waals surface area contributed by atoms with Crippen molar-refractivity contribution in [2.75, 3.05) is 6.61 Å². The van der Waals surface area contributed by atoms with Crippen LogP contribution in [0.15, 0.2) is 42.7 Å². The van der Waals surface area contributed by atoms with Crippen molar-refractivity contribution in [2.45, 2.75) is 25.9 Å². The first-order valence-electron chi connectivity index (χ1n) is 6.22. The zero-order chi connectivity index (χ0) is 12.8. The van der Waals surface area contributed by atoms with Crippen LogP contribution in [-0.2, 0) is 13.0 Å². The average Bonchev–Trinajstić information content (AvgIpc) is 2.85. The molecule has 0 fully saturated rings. The molecule has 0 spiro atoms. The lowest BCUT2D eigenvalue weighted by atomic mass is 10.1. The summed E-state index contributed by atoms with van der Waals surface area (Å²) < 4.78 is 7.52. The maximum absolute atomic E-state index is 6.04. The lowest BCUT2D eigenvalue weighted by Gasteiger charge is -2.12. The van der Waals surface area contributed by atoms with E-state index in [0.29, 0.717) is 6.61 Å². The summed E-state index contributed by atoms with van der Waals surface area (Å²) in [7, 11) is 0. The summed E-state index contributed by atoms with van der Waals surface area (Å²) in [5.74, 6) is 0.859. The first kappa shape index (κ1) is 12.6. The Morgan fingerprint density at radius 3 is 2.78 bits per heavy atom. The van der Waals surface area contributed by atoms with Crippen LogP contribution in [0.1, 0.15) is 12.5 Å². The highest BCUT2D eigenvalue weighted by Gasteiger charge is 2.07. The molecule has 2 N–H and O–H groups in total. The van der Waals surface area contributed by atoms with Gasteiger partial charge in [0.1, 0.15) is 12.4 Å². The van der Waals surface area contributed by atoms with Gasteiger partial charge >= 0.3 is 0 Å². The van der Waals surface area contributed by atoms with Crippen LogP contribution >= 0.6 is 0 Å². The molecular weight excluding hydrogens is 226 g/mol. The molecule has 0 aliphatic heterocycles. The second-order valence-corrected chi connectivity index (χ2v) is 4.29. The van der Waals surface area contributed by atoms with Crippen molar-refractivity contribution in [1.82, 2.24) is 9.78 Å². The van der Waals surface area contributed by atoms with Crippen molar-refractivity contribution in [1.29, 1.82) is 0 Å². The first-order chi connectivity index (χ1) is 8.78. The summed E-state index contributed by atoms with van der Waals surface area (Å²) in [4.78, 5) is 0. The topological polar surface area (TPSA) is 53.1 Å². The number of ether oxygens (including phenoxy) is 1. The number of hydrogen-bond donors (Lipinski definition) is 1. The van der Waals surface area contributed by atoms with Crippen LogP contribution < -0.4 is 10.5 Å². The number of nitrogens with two attached hydrogens (primary N) is 1. The largest absolute Gasteiger partial charge is 0.492 e. The number of para-hydroxylation sites is 1. The highest BCUT2D eigenvalue weighted by Crippen LogP contribution is 2.09. The Morgan fingerprint density at radius 1 is 1.33 bits per heavy atom. The van der Waals surface area contributed by atoms with Gasteiger partial charge in [-0.15, -0.1) is 0 Å². The van der Waals surface area contributed by atoms with E-state index in [4.69, 9.17) is 10.5 Å². The number of benzene rings is 1. The third kappa shape index (κ3) is 3.60. The maximum atomic E-state index is 6.04. The molecule has 0 aliphatic rings. The fraction of sp³-hybridized carbons (Fsp3) is 0.357. The lowest BCUT2D eigenvalue weighted by Crippen LogP contribution is -2.30. The summed E-state index contributed by atoms with van der Waals surface area (Å²) in [6, 6.07) is 9.72. The van der Waals surface area contributed by atoms with Gasteiger partial charge < -0.3 is 10.5 Å². The van der Waals surface area contributed by atoms with Crippen LogP contribution in [0.2, 0.25) is 0 Å². The van der Waals surface area contributed by atoms with Crippen molar-refractivity contribution in [3.8, 4) is 5.75 Å². The van der Waals surface area contributed by atoms with Crippen LogP contribution in [0.5, 0.6) is 5.75 Å². The molecule has 1 unspecified atom stereocenters. The quantitative estimate of drug-likeness (QED) is 0.845. The summed E-state index contributed by atoms with van der Waals surface area (Å²) in [5.41, 5.74) is 7.20. The van der Waals surface area contributed by atoms with Crippen molar-refractivity contribution < 1.29 is 4.74 Å². The van der Waals surface area contributed by atoms with E-state index in [2.05, 4.69) is 12.0 Å². The van der Waals surface area contributed by atoms with Gasteiger partial charge in [-0.05, 0) is 31.0 Å². The Balaban J connectivity index is 1.80. The molecule has 0 radical (unpaired) electrons. The molecule has 1 aromatic heterocycles. The Morgan fingerprint density at radius 2 is 2.11 bits per heavy atom. The smallest absolute Gasteiger partial charge is 0.119 e. The van der Waals surface area contributed by atoms with E-state index < -0.39 is 0 Å². The standard InChI is InChI=1S/C14H19N3O/c1-2-17-10-12(9-16-17)8-13(15)11-18-14-6-4-3-5-7-14/h3-7,9-10,13H,2,8,11,15H2,1H3. The SMILES string of the molecule is CCn1cc(CC(N)COc2ccccc2)cn1. The predicted octanol–water partition coefficient (Wildman–Crippen LogP) is 1.85. The zero-order valence-electron chi connectivity index (χ0n) is 10.6. The van der Waals surface area contributed by atoms with E-state index in [0.717, 1.165) is 24.3 Å². The normalized spacial score (nSPS) is 12.3. The molecule has 0 saturated heterocycles. The van der Waals surface area contributed by atoms with E-state index in [-0.39, 0.29) is 6.04 Å². The van der Waals surface area contributed by atoms with Crippen molar-refractivity contribution in [3.63, 3.8) is 0 Å². The van der Waals surface area contributed by atoms with Crippen LogP contribution in [0.4, 0.5) is 0 Å². The fourth-order valence-corrected chi connectivity index (χ4v) is 1.77. The monoisotopic (exact) mass is 245 g/mol. The number of aromatic nitrogens is 2. The molecular formula is C14H19N3O. The molecule has 18 heavy (non-hydrogen) atoms. The van der Waals surface area contributed by atoms with E-state index in [1.54, 1.807) is 0 Å². The number of hydrogen-bond acceptors (Lipinski definition) is 3. The van der Waals surface area contributed by atoms with Crippen LogP contribution in [0.25, 0.3) is 0 Å². The van der Waals surface area contributed by atoms with Gasteiger partial charge in [0.05, 0.1) is 6.20 Å². The molecule has 0 saturated carbocycles. The highest BCUT2D eigenvalue weighted by atomic mass is 16.5. The molecule has 2 rings (SSSR count). The molecule has 1 atom stereocenters. The van der Waals surface area contributed by atoms with Crippen molar-refractivity contribution in [3.05, 3.63) is 48.3 Å². The fourth-order valence-electron chi connectivity index (χ4n) is 1.77. The van der Waals surface area contributed by atoms with E-state index in [1.165, 1.54) is 0 Å². The number of nitrogens with zero attached hydrogens (tertiary/aromatic N) is 2. The molecule has 2 aromatic rings. The van der Waals surface area contributed by atoms with Gasteiger partial charge in [-0.3, -0.25) is 4.68 Å². The summed E-state index contributed by atoms with van der Waals surface area (Å²) in [6.45, 7) is 3.46. The van der Waals surface area contributed by atoms with Gasteiger partial charge in [-0.25, -0.2) is 0 Å². The zero-order valence-corrected chi connectivity index (χ0v) is 10.6. The summed E-state index contributed by atoms with van der Waals surface area (Å²) in [6.07, 6.45) is 4.68. The molecule has 1 heterocycles. The van der Waals surface area contributed by atoms with E-state index >= 15 is 0 Å². The third-order valence-electron chi connectivity index (χ3n) is 2.72. The van der Waals surface area contributed by atoms with Crippen molar-refractivity contribution in [2.24, 2.45) is 5.73 Å². The highest BCUT2D eigenvalue weighted by molar-refractivity contribution is 5.21. The van der Waals surface area contributed by atoms with E-state index in [1.807, 2.05) is 47.4 Å². The molecule has 0 amide bonds. The van der Waals surface area contributed by atoms with E-state index in [9.17, 15) is 0 Å². The summed E-state index contributed by atoms with van der Waals surface area (Å²) >= 11 is 0. The minimum absolute atomic E-state index is 0.0142. The molecule has 4 heteroatoms. The Hall–Kier alpha value is -1.81. The van der Waals surface area contributed by atoms with Crippen LogP contribution in [0.3, 0.4) is 0 Å². The summed E-state index contributed by atoms with van der Waals surface area (Å²) in [5, 5.41) is 4.23. The molecule has 0 bridgehead atoms. The molecule has 0 aliphatic carbocycles. The lowest BCUT2D eigenvalue weighted by molar-refractivity contribution is 0.287. The van der Waals surface area contributed by atoms with Crippen LogP contribution in [0, 0.1) is 0 Å². The maximum Gasteiger partial charge on any atom is 0.119 e. The molecule has 4 nitrogen and oxygen atoms in total. The predicted molar refractivity (Wildman–Crippen MR) is 71.5 cm³/mol. The van der Waals surface area contributed by atoms with Gasteiger partial charge in [0.15, 0.2) is 0 Å². The average molecular weight is 245 g/mol. The van der Waals surface area contributed by atoms with Gasteiger partial charge in [0.25, 0.3) is 0 Å². The van der Waals surface area contributed by atoms with Crippen LogP contribution in [-0.4, -0.2) is 22.4 Å². The number of rotatable bonds is 6. The number of aryl methyl sites for hydroxylation is 1. The molecule has 1 aromatic carbocycles. The van der Waals surface area contributed by atoms with Gasteiger partial charge in [-0.2, -0.15) is 5.10 Å². The minimum atomic E-state index is -0.0142.